The second-order valence-corrected chi connectivity index (χ2v) is 5.76. The topological polar surface area (TPSA) is 21.3 Å². The number of nitrogens with one attached hydrogen (secondary N) is 1. The van der Waals surface area contributed by atoms with Gasteiger partial charge in [-0.05, 0) is 68.7 Å². The smallest absolute Gasteiger partial charge is 0.122 e. The molecule has 1 heterocycles. The SMILES string of the molecule is CNCC1CCC1CC1CCOc2ccccc21. The van der Waals surface area contributed by atoms with Gasteiger partial charge in [0.2, 0.25) is 0 Å². The third-order valence-electron chi connectivity index (χ3n) is 4.71. The summed E-state index contributed by atoms with van der Waals surface area (Å²) in [7, 11) is 2.07. The van der Waals surface area contributed by atoms with E-state index >= 15 is 0 Å². The van der Waals surface area contributed by atoms with Gasteiger partial charge in [-0.15, -0.1) is 0 Å². The number of para-hydroxylation sites is 1. The van der Waals surface area contributed by atoms with Crippen LogP contribution in [0.1, 0.15) is 37.2 Å². The molecule has 0 radical (unpaired) electrons. The van der Waals surface area contributed by atoms with E-state index in [0.717, 1.165) is 30.1 Å². The third-order valence-corrected chi connectivity index (χ3v) is 4.71. The summed E-state index contributed by atoms with van der Waals surface area (Å²) in [6, 6.07) is 8.60. The van der Waals surface area contributed by atoms with E-state index in [1.165, 1.54) is 37.8 Å². The zero-order valence-corrected chi connectivity index (χ0v) is 11.2. The van der Waals surface area contributed by atoms with E-state index in [1.807, 2.05) is 0 Å². The molecule has 1 aromatic rings. The van der Waals surface area contributed by atoms with Gasteiger partial charge < -0.3 is 10.1 Å². The number of fused-ring (bicyclic) bond motifs is 1. The quantitative estimate of drug-likeness (QED) is 0.879. The lowest BCUT2D eigenvalue weighted by atomic mass is 9.68. The predicted molar refractivity (Wildman–Crippen MR) is 74.1 cm³/mol. The minimum atomic E-state index is 0.722. The van der Waals surface area contributed by atoms with Crippen LogP contribution in [-0.2, 0) is 0 Å². The van der Waals surface area contributed by atoms with Gasteiger partial charge in [0.1, 0.15) is 5.75 Å². The van der Waals surface area contributed by atoms with Crippen molar-refractivity contribution in [2.75, 3.05) is 20.2 Å². The lowest BCUT2D eigenvalue weighted by molar-refractivity contribution is 0.141. The van der Waals surface area contributed by atoms with Gasteiger partial charge in [-0.1, -0.05) is 18.2 Å². The van der Waals surface area contributed by atoms with Crippen LogP contribution in [0, 0.1) is 11.8 Å². The molecular weight excluding hydrogens is 222 g/mol. The van der Waals surface area contributed by atoms with Crippen LogP contribution >= 0.6 is 0 Å². The van der Waals surface area contributed by atoms with Crippen molar-refractivity contribution in [3.8, 4) is 5.75 Å². The molecule has 1 aromatic carbocycles. The summed E-state index contributed by atoms with van der Waals surface area (Å²) in [5, 5.41) is 3.33. The highest BCUT2D eigenvalue weighted by atomic mass is 16.5. The van der Waals surface area contributed by atoms with Gasteiger partial charge in [-0.2, -0.15) is 0 Å². The minimum Gasteiger partial charge on any atom is -0.493 e. The van der Waals surface area contributed by atoms with E-state index in [-0.39, 0.29) is 0 Å². The highest BCUT2D eigenvalue weighted by Gasteiger charge is 2.33. The second-order valence-electron chi connectivity index (χ2n) is 5.76. The van der Waals surface area contributed by atoms with Crippen LogP contribution in [0.25, 0.3) is 0 Å². The molecule has 3 atom stereocenters. The molecule has 1 fully saturated rings. The third kappa shape index (κ3) is 2.26. The monoisotopic (exact) mass is 245 g/mol. The number of ether oxygens (including phenoxy) is 1. The van der Waals surface area contributed by atoms with E-state index in [0.29, 0.717) is 0 Å². The van der Waals surface area contributed by atoms with Crippen molar-refractivity contribution in [2.45, 2.75) is 31.6 Å². The van der Waals surface area contributed by atoms with Crippen LogP contribution in [-0.4, -0.2) is 20.2 Å². The largest absolute Gasteiger partial charge is 0.493 e. The molecule has 2 heteroatoms. The summed E-state index contributed by atoms with van der Waals surface area (Å²) in [6.45, 7) is 2.08. The van der Waals surface area contributed by atoms with Crippen LogP contribution in [0.2, 0.25) is 0 Å². The molecule has 1 N–H and O–H groups in total. The second kappa shape index (κ2) is 5.31. The van der Waals surface area contributed by atoms with Crippen molar-refractivity contribution >= 4 is 0 Å². The van der Waals surface area contributed by atoms with Gasteiger partial charge in [0.25, 0.3) is 0 Å². The van der Waals surface area contributed by atoms with Crippen LogP contribution in [0.4, 0.5) is 0 Å². The molecule has 0 saturated heterocycles. The molecule has 2 nitrogen and oxygen atoms in total. The van der Waals surface area contributed by atoms with Gasteiger partial charge >= 0.3 is 0 Å². The maximum atomic E-state index is 5.75. The summed E-state index contributed by atoms with van der Waals surface area (Å²) in [6.07, 6.45) is 5.38. The Balaban J connectivity index is 1.67. The molecule has 2 aliphatic rings. The predicted octanol–water partition coefficient (Wildman–Crippen LogP) is 3.19. The van der Waals surface area contributed by atoms with Gasteiger partial charge in [-0.25, -0.2) is 0 Å². The zero-order chi connectivity index (χ0) is 12.4. The number of rotatable bonds is 4. The molecule has 3 unspecified atom stereocenters. The molecule has 0 aromatic heterocycles. The molecular formula is C16H23NO. The van der Waals surface area contributed by atoms with Crippen molar-refractivity contribution in [1.82, 2.24) is 5.32 Å². The van der Waals surface area contributed by atoms with Crippen molar-refractivity contribution in [1.29, 1.82) is 0 Å². The molecule has 98 valence electrons. The lowest BCUT2D eigenvalue weighted by Gasteiger charge is -2.40. The Bertz CT molecular complexity index is 404. The number of hydrogen-bond acceptors (Lipinski definition) is 2. The Morgan fingerprint density at radius 3 is 2.78 bits per heavy atom. The van der Waals surface area contributed by atoms with Crippen molar-refractivity contribution < 1.29 is 4.74 Å². The van der Waals surface area contributed by atoms with Gasteiger partial charge in [0.15, 0.2) is 0 Å². The summed E-state index contributed by atoms with van der Waals surface area (Å²) in [4.78, 5) is 0. The van der Waals surface area contributed by atoms with Crippen molar-refractivity contribution in [2.24, 2.45) is 11.8 Å². The van der Waals surface area contributed by atoms with Crippen LogP contribution in [0.5, 0.6) is 5.75 Å². The van der Waals surface area contributed by atoms with Crippen LogP contribution in [0.3, 0.4) is 0 Å². The first-order chi connectivity index (χ1) is 8.88. The minimum absolute atomic E-state index is 0.722. The normalized spacial score (nSPS) is 30.2. The Hall–Kier alpha value is -1.02. The summed E-state index contributed by atoms with van der Waals surface area (Å²) in [5.74, 6) is 3.68. The average molecular weight is 245 g/mol. The van der Waals surface area contributed by atoms with E-state index in [4.69, 9.17) is 4.74 Å². The van der Waals surface area contributed by atoms with Crippen molar-refractivity contribution in [3.63, 3.8) is 0 Å². The molecule has 1 saturated carbocycles. The highest BCUT2D eigenvalue weighted by Crippen LogP contribution is 2.44. The van der Waals surface area contributed by atoms with Gasteiger partial charge in [0, 0.05) is 0 Å². The Labute approximate surface area is 110 Å². The zero-order valence-electron chi connectivity index (χ0n) is 11.2. The van der Waals surface area contributed by atoms with E-state index < -0.39 is 0 Å². The summed E-state index contributed by atoms with van der Waals surface area (Å²) >= 11 is 0. The summed E-state index contributed by atoms with van der Waals surface area (Å²) < 4.78 is 5.75. The lowest BCUT2D eigenvalue weighted by Crippen LogP contribution is -2.35. The molecule has 18 heavy (non-hydrogen) atoms. The maximum Gasteiger partial charge on any atom is 0.122 e. The highest BCUT2D eigenvalue weighted by molar-refractivity contribution is 5.37. The molecule has 0 bridgehead atoms. The first kappa shape index (κ1) is 12.0. The molecule has 0 amide bonds. The van der Waals surface area contributed by atoms with Gasteiger partial charge in [0.05, 0.1) is 6.61 Å². The van der Waals surface area contributed by atoms with E-state index in [2.05, 4.69) is 36.6 Å². The average Bonchev–Trinajstić information content (AvgIpc) is 2.41. The molecule has 1 aliphatic carbocycles. The van der Waals surface area contributed by atoms with Gasteiger partial charge in [-0.3, -0.25) is 0 Å². The molecule has 0 spiro atoms. The molecule has 3 rings (SSSR count). The maximum absolute atomic E-state index is 5.75. The van der Waals surface area contributed by atoms with E-state index in [1.54, 1.807) is 0 Å². The first-order valence-corrected chi connectivity index (χ1v) is 7.25. The standard InChI is InChI=1S/C16H23NO/c1-17-11-14-7-6-12(14)10-13-8-9-18-16-5-3-2-4-15(13)16/h2-5,12-14,17H,6-11H2,1H3. The Kier molecular flexibility index (Phi) is 3.55. The molecule has 1 aliphatic heterocycles. The van der Waals surface area contributed by atoms with E-state index in [9.17, 15) is 0 Å². The fourth-order valence-electron chi connectivity index (χ4n) is 3.51. The van der Waals surface area contributed by atoms with Crippen LogP contribution in [0.15, 0.2) is 24.3 Å². The number of benzene rings is 1. The van der Waals surface area contributed by atoms with Crippen LogP contribution < -0.4 is 10.1 Å². The fourth-order valence-corrected chi connectivity index (χ4v) is 3.51. The Morgan fingerprint density at radius 2 is 2.00 bits per heavy atom. The first-order valence-electron chi connectivity index (χ1n) is 7.25. The Morgan fingerprint density at radius 1 is 1.17 bits per heavy atom. The number of hydrogen-bond donors (Lipinski definition) is 1. The summed E-state index contributed by atoms with van der Waals surface area (Å²) in [5.41, 5.74) is 1.44. The van der Waals surface area contributed by atoms with Crippen molar-refractivity contribution in [3.05, 3.63) is 29.8 Å². The fraction of sp³-hybridized carbons (Fsp3) is 0.625.